The Bertz CT molecular complexity index is 583. The number of pyridine rings is 1. The highest BCUT2D eigenvalue weighted by Crippen LogP contribution is 2.24. The third-order valence-electron chi connectivity index (χ3n) is 3.17. The molecule has 1 saturated heterocycles. The van der Waals surface area contributed by atoms with Crippen molar-refractivity contribution in [3.05, 3.63) is 22.9 Å². The highest BCUT2D eigenvalue weighted by atomic mass is 79.9. The Kier molecular flexibility index (Phi) is 4.54. The number of nitrogens with two attached hydrogens (primary N) is 1. The van der Waals surface area contributed by atoms with E-state index in [1.807, 2.05) is 0 Å². The van der Waals surface area contributed by atoms with E-state index in [9.17, 15) is 8.42 Å². The number of thiocarbonyl (C=S) groups is 1. The normalized spacial score (nSPS) is 18.4. The summed E-state index contributed by atoms with van der Waals surface area (Å²) >= 11 is 8.18. The Labute approximate surface area is 126 Å². The van der Waals surface area contributed by atoms with Gasteiger partial charge in [0.05, 0.1) is 4.99 Å². The minimum Gasteiger partial charge on any atom is -0.393 e. The molecule has 0 atom stereocenters. The molecule has 0 unspecified atom stereocenters. The van der Waals surface area contributed by atoms with Gasteiger partial charge in [-0.15, -0.1) is 0 Å². The summed E-state index contributed by atoms with van der Waals surface area (Å²) < 4.78 is 26.9. The Morgan fingerprint density at radius 2 is 2.05 bits per heavy atom. The topological polar surface area (TPSA) is 76.3 Å². The third kappa shape index (κ3) is 3.31. The smallest absolute Gasteiger partial charge is 0.244 e. The Hall–Kier alpha value is -0.570. The van der Waals surface area contributed by atoms with Gasteiger partial charge in [-0.25, -0.2) is 8.42 Å². The quantitative estimate of drug-likeness (QED) is 0.824. The van der Waals surface area contributed by atoms with E-state index in [2.05, 4.69) is 20.9 Å². The van der Waals surface area contributed by atoms with Crippen molar-refractivity contribution in [2.75, 3.05) is 13.1 Å². The lowest BCUT2D eigenvalue weighted by molar-refractivity contribution is 0.316. The molecule has 1 fully saturated rings. The number of nitrogens with zero attached hydrogens (tertiary/aromatic N) is 2. The lowest BCUT2D eigenvalue weighted by Gasteiger charge is -2.30. The first kappa shape index (κ1) is 14.8. The van der Waals surface area contributed by atoms with E-state index in [1.54, 1.807) is 12.3 Å². The summed E-state index contributed by atoms with van der Waals surface area (Å²) in [6, 6.07) is 1.56. The number of hydrogen-bond acceptors (Lipinski definition) is 4. The van der Waals surface area contributed by atoms with Crippen LogP contribution < -0.4 is 5.73 Å². The van der Waals surface area contributed by atoms with Crippen LogP contribution in [-0.2, 0) is 10.0 Å². The molecular formula is C11H14BrN3O2S2. The van der Waals surface area contributed by atoms with Crippen LogP contribution in [0.25, 0.3) is 0 Å². The summed E-state index contributed by atoms with van der Waals surface area (Å²) in [6.45, 7) is 0.883. The standard InChI is InChI=1S/C11H14BrN3O2S2/c12-9-5-10(7-14-6-9)19(16,17)15-3-1-8(2-4-15)11(13)18/h5-8H,1-4H2,(H2,13,18). The fourth-order valence-electron chi connectivity index (χ4n) is 2.06. The molecule has 1 aromatic heterocycles. The molecule has 2 N–H and O–H groups in total. The first-order valence-electron chi connectivity index (χ1n) is 5.81. The number of hydrogen-bond donors (Lipinski definition) is 1. The predicted octanol–water partition coefficient (Wildman–Crippen LogP) is 1.53. The van der Waals surface area contributed by atoms with E-state index in [4.69, 9.17) is 18.0 Å². The van der Waals surface area contributed by atoms with Gasteiger partial charge >= 0.3 is 0 Å². The van der Waals surface area contributed by atoms with Crippen molar-refractivity contribution in [3.8, 4) is 0 Å². The second kappa shape index (κ2) is 5.82. The largest absolute Gasteiger partial charge is 0.393 e. The molecule has 0 radical (unpaired) electrons. The van der Waals surface area contributed by atoms with Gasteiger partial charge in [0.25, 0.3) is 0 Å². The first-order valence-corrected chi connectivity index (χ1v) is 8.45. The Morgan fingerprint density at radius 3 is 2.58 bits per heavy atom. The number of sulfonamides is 1. The van der Waals surface area contributed by atoms with Crippen LogP contribution in [0.2, 0.25) is 0 Å². The maximum Gasteiger partial charge on any atom is 0.244 e. The van der Waals surface area contributed by atoms with E-state index in [0.29, 0.717) is 35.4 Å². The summed E-state index contributed by atoms with van der Waals surface area (Å²) in [6.07, 6.45) is 4.27. The molecule has 5 nitrogen and oxygen atoms in total. The Balaban J connectivity index is 2.16. The van der Waals surface area contributed by atoms with Crippen LogP contribution in [0, 0.1) is 5.92 Å². The van der Waals surface area contributed by atoms with Crippen LogP contribution >= 0.6 is 28.1 Å². The predicted molar refractivity (Wildman–Crippen MR) is 80.2 cm³/mol. The van der Waals surface area contributed by atoms with Crippen LogP contribution in [0.1, 0.15) is 12.8 Å². The van der Waals surface area contributed by atoms with Gasteiger partial charge in [0.15, 0.2) is 0 Å². The molecule has 0 spiro atoms. The zero-order chi connectivity index (χ0) is 14.0. The van der Waals surface area contributed by atoms with Crippen LogP contribution in [0.5, 0.6) is 0 Å². The SMILES string of the molecule is NC(=S)C1CCN(S(=O)(=O)c2cncc(Br)c2)CC1. The number of piperidine rings is 1. The van der Waals surface area contributed by atoms with Crippen molar-refractivity contribution >= 4 is 43.2 Å². The molecule has 0 aromatic carbocycles. The summed E-state index contributed by atoms with van der Waals surface area (Å²) in [7, 11) is -3.48. The highest BCUT2D eigenvalue weighted by Gasteiger charge is 2.30. The van der Waals surface area contributed by atoms with Crippen LogP contribution in [0.3, 0.4) is 0 Å². The van der Waals surface area contributed by atoms with Crippen molar-refractivity contribution in [2.45, 2.75) is 17.7 Å². The van der Waals surface area contributed by atoms with Crippen LogP contribution in [0.15, 0.2) is 27.8 Å². The lowest BCUT2D eigenvalue weighted by atomic mass is 9.98. The molecule has 104 valence electrons. The first-order chi connectivity index (χ1) is 8.91. The molecular weight excluding hydrogens is 350 g/mol. The average Bonchev–Trinajstić information content (AvgIpc) is 2.39. The monoisotopic (exact) mass is 363 g/mol. The van der Waals surface area contributed by atoms with Gasteiger partial charge in [0.1, 0.15) is 4.90 Å². The number of aromatic nitrogens is 1. The van der Waals surface area contributed by atoms with E-state index >= 15 is 0 Å². The van der Waals surface area contributed by atoms with Crippen molar-refractivity contribution in [3.63, 3.8) is 0 Å². The van der Waals surface area contributed by atoms with Crippen molar-refractivity contribution in [1.29, 1.82) is 0 Å². The molecule has 8 heteroatoms. The molecule has 1 aromatic rings. The van der Waals surface area contributed by atoms with Gasteiger partial charge < -0.3 is 5.73 Å². The molecule has 0 amide bonds. The van der Waals surface area contributed by atoms with Crippen molar-refractivity contribution in [2.24, 2.45) is 11.7 Å². The van der Waals surface area contributed by atoms with Crippen LogP contribution in [0.4, 0.5) is 0 Å². The second-order valence-corrected chi connectivity index (χ2v) is 7.74. The van der Waals surface area contributed by atoms with Gasteiger partial charge in [0.2, 0.25) is 10.0 Å². The maximum atomic E-state index is 12.4. The number of halogens is 1. The number of rotatable bonds is 3. The summed E-state index contributed by atoms with van der Waals surface area (Å²) in [5, 5.41) is 0. The lowest BCUT2D eigenvalue weighted by Crippen LogP contribution is -2.41. The van der Waals surface area contributed by atoms with E-state index < -0.39 is 10.0 Å². The van der Waals surface area contributed by atoms with Gasteiger partial charge in [-0.2, -0.15) is 4.31 Å². The van der Waals surface area contributed by atoms with Crippen molar-refractivity contribution < 1.29 is 8.42 Å². The van der Waals surface area contributed by atoms with Crippen molar-refractivity contribution in [1.82, 2.24) is 9.29 Å². The molecule has 2 rings (SSSR count). The minimum absolute atomic E-state index is 0.141. The molecule has 2 heterocycles. The minimum atomic E-state index is -3.48. The maximum absolute atomic E-state index is 12.4. The van der Waals surface area contributed by atoms with Gasteiger partial charge in [-0.1, -0.05) is 12.2 Å². The Morgan fingerprint density at radius 1 is 1.42 bits per heavy atom. The molecule has 19 heavy (non-hydrogen) atoms. The molecule has 0 saturated carbocycles. The highest BCUT2D eigenvalue weighted by molar-refractivity contribution is 9.10. The molecule has 1 aliphatic rings. The van der Waals surface area contributed by atoms with Crippen LogP contribution in [-0.4, -0.2) is 35.8 Å². The fourth-order valence-corrected chi connectivity index (χ4v) is 4.27. The summed E-state index contributed by atoms with van der Waals surface area (Å²) in [4.78, 5) is 4.57. The fraction of sp³-hybridized carbons (Fsp3) is 0.455. The van der Waals surface area contributed by atoms with Gasteiger partial charge in [-0.05, 0) is 34.8 Å². The summed E-state index contributed by atoms with van der Waals surface area (Å²) in [5.41, 5.74) is 5.60. The summed E-state index contributed by atoms with van der Waals surface area (Å²) in [5.74, 6) is 0.141. The van der Waals surface area contributed by atoms with Gasteiger partial charge in [-0.3, -0.25) is 4.98 Å². The van der Waals surface area contributed by atoms with Gasteiger partial charge in [0, 0.05) is 35.9 Å². The third-order valence-corrected chi connectivity index (χ3v) is 5.80. The second-order valence-electron chi connectivity index (χ2n) is 4.42. The average molecular weight is 364 g/mol. The molecule has 0 bridgehead atoms. The van der Waals surface area contributed by atoms with E-state index in [-0.39, 0.29) is 10.8 Å². The zero-order valence-electron chi connectivity index (χ0n) is 10.1. The van der Waals surface area contributed by atoms with E-state index in [0.717, 1.165) is 0 Å². The van der Waals surface area contributed by atoms with E-state index in [1.165, 1.54) is 10.5 Å². The zero-order valence-corrected chi connectivity index (χ0v) is 13.3. The molecule has 1 aliphatic heterocycles. The molecule has 0 aliphatic carbocycles.